The Hall–Kier alpha value is -1.09. The van der Waals surface area contributed by atoms with E-state index < -0.39 is 0 Å². The molecule has 0 aromatic heterocycles. The van der Waals surface area contributed by atoms with Crippen molar-refractivity contribution < 1.29 is 4.39 Å². The Morgan fingerprint density at radius 2 is 2.06 bits per heavy atom. The summed E-state index contributed by atoms with van der Waals surface area (Å²) in [7, 11) is 2.08. The predicted octanol–water partition coefficient (Wildman–Crippen LogP) is 2.68. The van der Waals surface area contributed by atoms with Crippen molar-refractivity contribution in [3.63, 3.8) is 0 Å². The number of halogens is 1. The van der Waals surface area contributed by atoms with E-state index in [1.807, 2.05) is 12.1 Å². The Balaban J connectivity index is 1.81. The summed E-state index contributed by atoms with van der Waals surface area (Å²) >= 11 is 0. The maximum absolute atomic E-state index is 13.9. The standard InChI is InChI=1S/C14H19FN2/c1-17(11-7-8-11)14-4-2-3-13(15)12(14)9-16-10-5-6-10/h2-4,10-11,16H,5-9H2,1H3. The van der Waals surface area contributed by atoms with E-state index in [2.05, 4.69) is 17.3 Å². The van der Waals surface area contributed by atoms with Crippen LogP contribution in [0.4, 0.5) is 10.1 Å². The van der Waals surface area contributed by atoms with Gasteiger partial charge in [0.25, 0.3) is 0 Å². The molecule has 0 saturated heterocycles. The zero-order valence-corrected chi connectivity index (χ0v) is 10.2. The van der Waals surface area contributed by atoms with Crippen molar-refractivity contribution in [2.24, 2.45) is 0 Å². The second-order valence-corrected chi connectivity index (χ2v) is 5.23. The minimum absolute atomic E-state index is 0.0804. The lowest BCUT2D eigenvalue weighted by Gasteiger charge is -2.22. The van der Waals surface area contributed by atoms with Crippen LogP contribution in [-0.2, 0) is 6.54 Å². The molecule has 0 radical (unpaired) electrons. The van der Waals surface area contributed by atoms with Crippen molar-refractivity contribution in [2.45, 2.75) is 44.3 Å². The van der Waals surface area contributed by atoms with Crippen LogP contribution in [0, 0.1) is 5.82 Å². The monoisotopic (exact) mass is 234 g/mol. The molecule has 1 aromatic rings. The molecule has 0 aliphatic heterocycles. The second kappa shape index (κ2) is 4.30. The average molecular weight is 234 g/mol. The molecule has 2 aliphatic rings. The quantitative estimate of drug-likeness (QED) is 0.842. The molecule has 92 valence electrons. The molecule has 0 spiro atoms. The van der Waals surface area contributed by atoms with Gasteiger partial charge < -0.3 is 10.2 Å². The SMILES string of the molecule is CN(c1cccc(F)c1CNC1CC1)C1CC1. The Bertz CT molecular complexity index is 411. The number of rotatable bonds is 5. The first-order chi connectivity index (χ1) is 8.25. The summed E-state index contributed by atoms with van der Waals surface area (Å²) in [4.78, 5) is 2.23. The molecule has 0 amide bonds. The fourth-order valence-electron chi connectivity index (χ4n) is 2.25. The van der Waals surface area contributed by atoms with Crippen molar-refractivity contribution in [1.29, 1.82) is 0 Å². The Kier molecular flexibility index (Phi) is 2.79. The third kappa shape index (κ3) is 2.44. The van der Waals surface area contributed by atoms with Gasteiger partial charge in [0.05, 0.1) is 0 Å². The van der Waals surface area contributed by atoms with Crippen molar-refractivity contribution in [3.8, 4) is 0 Å². The van der Waals surface area contributed by atoms with Crippen LogP contribution < -0.4 is 10.2 Å². The van der Waals surface area contributed by atoms with Gasteiger partial charge in [0.15, 0.2) is 0 Å². The lowest BCUT2D eigenvalue weighted by atomic mass is 10.1. The van der Waals surface area contributed by atoms with E-state index in [0.29, 0.717) is 18.6 Å². The predicted molar refractivity (Wildman–Crippen MR) is 67.7 cm³/mol. The molecule has 3 heteroatoms. The third-order valence-corrected chi connectivity index (χ3v) is 3.71. The molecule has 2 nitrogen and oxygen atoms in total. The highest BCUT2D eigenvalue weighted by Crippen LogP contribution is 2.33. The largest absolute Gasteiger partial charge is 0.371 e. The highest BCUT2D eigenvalue weighted by molar-refractivity contribution is 5.55. The molecule has 0 heterocycles. The maximum Gasteiger partial charge on any atom is 0.129 e. The third-order valence-electron chi connectivity index (χ3n) is 3.71. The summed E-state index contributed by atoms with van der Waals surface area (Å²) in [5.74, 6) is -0.0804. The molecule has 2 fully saturated rings. The summed E-state index contributed by atoms with van der Waals surface area (Å²) in [6.07, 6.45) is 4.95. The van der Waals surface area contributed by atoms with E-state index in [0.717, 1.165) is 11.3 Å². The maximum atomic E-state index is 13.9. The second-order valence-electron chi connectivity index (χ2n) is 5.23. The van der Waals surface area contributed by atoms with Crippen LogP contribution in [0.25, 0.3) is 0 Å². The summed E-state index contributed by atoms with van der Waals surface area (Å²) < 4.78 is 13.9. The van der Waals surface area contributed by atoms with Gasteiger partial charge in [0.1, 0.15) is 5.82 Å². The molecular weight excluding hydrogens is 215 g/mol. The molecule has 0 unspecified atom stereocenters. The number of hydrogen-bond donors (Lipinski definition) is 1. The molecule has 0 bridgehead atoms. The van der Waals surface area contributed by atoms with Crippen LogP contribution in [0.3, 0.4) is 0 Å². The lowest BCUT2D eigenvalue weighted by Crippen LogP contribution is -2.24. The normalized spacial score (nSPS) is 19.4. The first kappa shape index (κ1) is 11.0. The minimum Gasteiger partial charge on any atom is -0.371 e. The van der Waals surface area contributed by atoms with Gasteiger partial charge in [-0.1, -0.05) is 6.07 Å². The summed E-state index contributed by atoms with van der Waals surface area (Å²) in [6.45, 7) is 0.656. The highest BCUT2D eigenvalue weighted by Gasteiger charge is 2.28. The van der Waals surface area contributed by atoms with Gasteiger partial charge >= 0.3 is 0 Å². The van der Waals surface area contributed by atoms with Crippen LogP contribution in [0.1, 0.15) is 31.2 Å². The molecular formula is C14H19FN2. The van der Waals surface area contributed by atoms with E-state index in [-0.39, 0.29) is 5.82 Å². The van der Waals surface area contributed by atoms with Gasteiger partial charge in [-0.2, -0.15) is 0 Å². The van der Waals surface area contributed by atoms with Gasteiger partial charge in [-0.15, -0.1) is 0 Å². The smallest absolute Gasteiger partial charge is 0.129 e. The van der Waals surface area contributed by atoms with Crippen molar-refractivity contribution in [1.82, 2.24) is 5.32 Å². The number of benzene rings is 1. The van der Waals surface area contributed by atoms with Gasteiger partial charge in [-0.3, -0.25) is 0 Å². The molecule has 17 heavy (non-hydrogen) atoms. The first-order valence-electron chi connectivity index (χ1n) is 6.49. The van der Waals surface area contributed by atoms with E-state index in [9.17, 15) is 4.39 Å². The highest BCUT2D eigenvalue weighted by atomic mass is 19.1. The molecule has 1 aromatic carbocycles. The fraction of sp³-hybridized carbons (Fsp3) is 0.571. The minimum atomic E-state index is -0.0804. The van der Waals surface area contributed by atoms with Crippen molar-refractivity contribution in [3.05, 3.63) is 29.6 Å². The van der Waals surface area contributed by atoms with Crippen LogP contribution in [0.2, 0.25) is 0 Å². The lowest BCUT2D eigenvalue weighted by molar-refractivity contribution is 0.586. The van der Waals surface area contributed by atoms with Crippen LogP contribution >= 0.6 is 0 Å². The summed E-state index contributed by atoms with van der Waals surface area (Å²) in [6, 6.07) is 6.65. The Morgan fingerprint density at radius 3 is 2.71 bits per heavy atom. The Morgan fingerprint density at radius 1 is 1.29 bits per heavy atom. The zero-order valence-electron chi connectivity index (χ0n) is 10.2. The average Bonchev–Trinajstić information content (AvgIpc) is 3.16. The van der Waals surface area contributed by atoms with Crippen LogP contribution in [0.5, 0.6) is 0 Å². The molecule has 3 rings (SSSR count). The molecule has 2 saturated carbocycles. The van der Waals surface area contributed by atoms with Crippen molar-refractivity contribution >= 4 is 5.69 Å². The number of hydrogen-bond acceptors (Lipinski definition) is 2. The van der Waals surface area contributed by atoms with E-state index in [1.54, 1.807) is 6.07 Å². The fourth-order valence-corrected chi connectivity index (χ4v) is 2.25. The molecule has 1 N–H and O–H groups in total. The van der Waals surface area contributed by atoms with Crippen molar-refractivity contribution in [2.75, 3.05) is 11.9 Å². The first-order valence-corrected chi connectivity index (χ1v) is 6.49. The van der Waals surface area contributed by atoms with Crippen LogP contribution in [-0.4, -0.2) is 19.1 Å². The van der Waals surface area contributed by atoms with E-state index in [4.69, 9.17) is 0 Å². The van der Waals surface area contributed by atoms with E-state index >= 15 is 0 Å². The van der Waals surface area contributed by atoms with Gasteiger partial charge in [0.2, 0.25) is 0 Å². The van der Waals surface area contributed by atoms with E-state index in [1.165, 1.54) is 25.7 Å². The number of anilines is 1. The number of nitrogens with zero attached hydrogens (tertiary/aromatic N) is 1. The van der Waals surface area contributed by atoms with Crippen LogP contribution in [0.15, 0.2) is 18.2 Å². The Labute approximate surface area is 102 Å². The number of nitrogens with one attached hydrogen (secondary N) is 1. The molecule has 0 atom stereocenters. The summed E-state index contributed by atoms with van der Waals surface area (Å²) in [5, 5.41) is 3.40. The summed E-state index contributed by atoms with van der Waals surface area (Å²) in [5.41, 5.74) is 1.88. The van der Waals surface area contributed by atoms with Gasteiger partial charge in [-0.05, 0) is 37.8 Å². The van der Waals surface area contributed by atoms with Gasteiger partial charge in [0, 0.05) is 36.9 Å². The topological polar surface area (TPSA) is 15.3 Å². The zero-order chi connectivity index (χ0) is 11.8. The van der Waals surface area contributed by atoms with Gasteiger partial charge in [-0.25, -0.2) is 4.39 Å². The molecule has 2 aliphatic carbocycles.